The number of nitrogens with zero attached hydrogens (tertiary/aromatic N) is 3. The second kappa shape index (κ2) is 6.06. The third-order valence-electron chi connectivity index (χ3n) is 3.62. The van der Waals surface area contributed by atoms with Crippen molar-refractivity contribution >= 4 is 10.9 Å². The van der Waals surface area contributed by atoms with Crippen molar-refractivity contribution in [3.05, 3.63) is 59.5 Å². The number of rotatable bonds is 5. The highest BCUT2D eigenvalue weighted by atomic mass is 15.3. The third-order valence-corrected chi connectivity index (χ3v) is 3.62. The molecule has 0 aliphatic carbocycles. The molecule has 0 aliphatic rings. The Morgan fingerprint density at radius 3 is 2.86 bits per heavy atom. The van der Waals surface area contributed by atoms with Gasteiger partial charge in [0.2, 0.25) is 0 Å². The van der Waals surface area contributed by atoms with Gasteiger partial charge in [-0.25, -0.2) is 0 Å². The predicted molar refractivity (Wildman–Crippen MR) is 84.9 cm³/mol. The molecule has 0 spiro atoms. The van der Waals surface area contributed by atoms with Crippen LogP contribution in [0.5, 0.6) is 0 Å². The fourth-order valence-corrected chi connectivity index (χ4v) is 2.65. The van der Waals surface area contributed by atoms with Crippen LogP contribution in [0.3, 0.4) is 0 Å². The largest absolute Gasteiger partial charge is 0.307 e. The van der Waals surface area contributed by atoms with Gasteiger partial charge < -0.3 is 5.32 Å². The van der Waals surface area contributed by atoms with E-state index in [4.69, 9.17) is 0 Å². The van der Waals surface area contributed by atoms with Crippen LogP contribution in [0.25, 0.3) is 10.9 Å². The maximum absolute atomic E-state index is 4.49. The van der Waals surface area contributed by atoms with Gasteiger partial charge in [0.25, 0.3) is 0 Å². The Bertz CT molecular complexity index is 740. The summed E-state index contributed by atoms with van der Waals surface area (Å²) < 4.78 is 2.05. The third kappa shape index (κ3) is 2.95. The first-order valence-corrected chi connectivity index (χ1v) is 7.34. The number of hydrogen-bond acceptors (Lipinski definition) is 3. The van der Waals surface area contributed by atoms with Crippen molar-refractivity contribution in [2.75, 3.05) is 0 Å². The summed E-state index contributed by atoms with van der Waals surface area (Å²) in [7, 11) is 0. The molecule has 3 rings (SSSR count). The minimum Gasteiger partial charge on any atom is -0.307 e. The van der Waals surface area contributed by atoms with Crippen molar-refractivity contribution in [2.45, 2.75) is 33.5 Å². The van der Waals surface area contributed by atoms with Crippen LogP contribution < -0.4 is 5.32 Å². The summed E-state index contributed by atoms with van der Waals surface area (Å²) in [6.45, 7) is 6.68. The number of hydrogen-bond donors (Lipinski definition) is 1. The highest BCUT2D eigenvalue weighted by Gasteiger charge is 2.05. The number of pyridine rings is 1. The minimum atomic E-state index is 0.808. The fraction of sp³-hybridized carbons (Fsp3) is 0.294. The minimum absolute atomic E-state index is 0.808. The summed E-state index contributed by atoms with van der Waals surface area (Å²) in [5, 5.41) is 9.15. The molecule has 0 unspecified atom stereocenters. The molecule has 0 saturated heterocycles. The average molecular weight is 280 g/mol. The van der Waals surface area contributed by atoms with Gasteiger partial charge in [0.15, 0.2) is 0 Å². The van der Waals surface area contributed by atoms with Crippen LogP contribution in [0, 0.1) is 6.92 Å². The van der Waals surface area contributed by atoms with E-state index >= 15 is 0 Å². The van der Waals surface area contributed by atoms with Crippen LogP contribution in [-0.4, -0.2) is 14.8 Å². The standard InChI is InChI=1S/C17H20N4/c1-3-21-16(10-13(2)20-21)12-18-11-15-7-4-6-14-8-5-9-19-17(14)15/h4-10,18H,3,11-12H2,1-2H3. The molecule has 2 heterocycles. The Morgan fingerprint density at radius 1 is 1.14 bits per heavy atom. The van der Waals surface area contributed by atoms with Crippen molar-refractivity contribution < 1.29 is 0 Å². The van der Waals surface area contributed by atoms with Crippen molar-refractivity contribution in [3.63, 3.8) is 0 Å². The SMILES string of the molecule is CCn1nc(C)cc1CNCc1cccc2cccnc12. The van der Waals surface area contributed by atoms with Crippen molar-refractivity contribution in [1.29, 1.82) is 0 Å². The van der Waals surface area contributed by atoms with E-state index in [-0.39, 0.29) is 0 Å². The maximum atomic E-state index is 4.49. The number of benzene rings is 1. The van der Waals surface area contributed by atoms with Crippen molar-refractivity contribution in [3.8, 4) is 0 Å². The van der Waals surface area contributed by atoms with E-state index in [9.17, 15) is 0 Å². The van der Waals surface area contributed by atoms with Crippen LogP contribution in [0.1, 0.15) is 23.9 Å². The number of aromatic nitrogens is 3. The summed E-state index contributed by atoms with van der Waals surface area (Å²) in [6, 6.07) is 12.5. The summed E-state index contributed by atoms with van der Waals surface area (Å²) in [6.07, 6.45) is 1.85. The number of nitrogens with one attached hydrogen (secondary N) is 1. The van der Waals surface area contributed by atoms with Crippen molar-refractivity contribution in [1.82, 2.24) is 20.1 Å². The molecule has 0 aliphatic heterocycles. The average Bonchev–Trinajstić information content (AvgIpc) is 2.87. The van der Waals surface area contributed by atoms with Crippen LogP contribution >= 0.6 is 0 Å². The maximum Gasteiger partial charge on any atom is 0.0746 e. The van der Waals surface area contributed by atoms with Crippen LogP contribution in [-0.2, 0) is 19.6 Å². The Labute approximate surface area is 124 Å². The zero-order valence-electron chi connectivity index (χ0n) is 12.5. The van der Waals surface area contributed by atoms with E-state index in [0.717, 1.165) is 30.8 Å². The van der Waals surface area contributed by atoms with E-state index < -0.39 is 0 Å². The van der Waals surface area contributed by atoms with Gasteiger partial charge in [-0.3, -0.25) is 9.67 Å². The normalized spacial score (nSPS) is 11.1. The van der Waals surface area contributed by atoms with E-state index in [1.165, 1.54) is 16.6 Å². The monoisotopic (exact) mass is 280 g/mol. The second-order valence-corrected chi connectivity index (χ2v) is 5.19. The quantitative estimate of drug-likeness (QED) is 0.781. The first-order chi connectivity index (χ1) is 10.3. The van der Waals surface area contributed by atoms with Gasteiger partial charge in [-0.15, -0.1) is 0 Å². The molecular weight excluding hydrogens is 260 g/mol. The zero-order valence-corrected chi connectivity index (χ0v) is 12.5. The Kier molecular flexibility index (Phi) is 3.97. The molecule has 0 saturated carbocycles. The van der Waals surface area contributed by atoms with Gasteiger partial charge in [-0.2, -0.15) is 5.10 Å². The molecule has 1 aromatic carbocycles. The topological polar surface area (TPSA) is 42.7 Å². The number of para-hydroxylation sites is 1. The molecule has 0 fully saturated rings. The van der Waals surface area contributed by atoms with Gasteiger partial charge in [-0.1, -0.05) is 24.3 Å². The van der Waals surface area contributed by atoms with E-state index in [1.807, 2.05) is 23.9 Å². The fourth-order valence-electron chi connectivity index (χ4n) is 2.65. The van der Waals surface area contributed by atoms with E-state index in [0.29, 0.717) is 0 Å². The lowest BCUT2D eigenvalue weighted by atomic mass is 10.1. The molecule has 0 radical (unpaired) electrons. The molecule has 0 bridgehead atoms. The predicted octanol–water partition coefficient (Wildman–Crippen LogP) is 3.05. The van der Waals surface area contributed by atoms with Gasteiger partial charge in [0, 0.05) is 31.2 Å². The lowest BCUT2D eigenvalue weighted by Gasteiger charge is -2.08. The zero-order chi connectivity index (χ0) is 14.7. The first kappa shape index (κ1) is 13.8. The van der Waals surface area contributed by atoms with Crippen LogP contribution in [0.2, 0.25) is 0 Å². The summed E-state index contributed by atoms with van der Waals surface area (Å²) >= 11 is 0. The highest BCUT2D eigenvalue weighted by Crippen LogP contribution is 2.15. The molecule has 4 heteroatoms. The van der Waals surface area contributed by atoms with E-state index in [1.54, 1.807) is 0 Å². The summed E-state index contributed by atoms with van der Waals surface area (Å²) in [5.41, 5.74) is 4.60. The molecular formula is C17H20N4. The van der Waals surface area contributed by atoms with Crippen molar-refractivity contribution in [2.24, 2.45) is 0 Å². The molecule has 108 valence electrons. The summed E-state index contributed by atoms with van der Waals surface area (Å²) in [4.78, 5) is 4.49. The first-order valence-electron chi connectivity index (χ1n) is 7.34. The number of fused-ring (bicyclic) bond motifs is 1. The van der Waals surface area contributed by atoms with Crippen LogP contribution in [0.4, 0.5) is 0 Å². The Morgan fingerprint density at radius 2 is 2.00 bits per heavy atom. The highest BCUT2D eigenvalue weighted by molar-refractivity contribution is 5.81. The number of aryl methyl sites for hydroxylation is 2. The Balaban J connectivity index is 1.72. The molecule has 3 aromatic rings. The smallest absolute Gasteiger partial charge is 0.0746 e. The molecule has 1 N–H and O–H groups in total. The van der Waals surface area contributed by atoms with Crippen LogP contribution in [0.15, 0.2) is 42.6 Å². The lowest BCUT2D eigenvalue weighted by molar-refractivity contribution is 0.579. The molecule has 0 atom stereocenters. The van der Waals surface area contributed by atoms with Gasteiger partial charge in [-0.05, 0) is 31.5 Å². The van der Waals surface area contributed by atoms with Gasteiger partial charge in [0.05, 0.1) is 16.9 Å². The van der Waals surface area contributed by atoms with Gasteiger partial charge >= 0.3 is 0 Å². The van der Waals surface area contributed by atoms with Gasteiger partial charge in [0.1, 0.15) is 0 Å². The molecule has 4 nitrogen and oxygen atoms in total. The second-order valence-electron chi connectivity index (χ2n) is 5.19. The van der Waals surface area contributed by atoms with E-state index in [2.05, 4.69) is 52.7 Å². The molecule has 2 aromatic heterocycles. The summed E-state index contributed by atoms with van der Waals surface area (Å²) in [5.74, 6) is 0. The molecule has 21 heavy (non-hydrogen) atoms. The molecule has 0 amide bonds. The Hall–Kier alpha value is -2.20. The lowest BCUT2D eigenvalue weighted by Crippen LogP contribution is -2.16.